The molecule has 0 amide bonds. The van der Waals surface area contributed by atoms with Gasteiger partial charge in [-0.25, -0.2) is 4.79 Å². The van der Waals surface area contributed by atoms with Crippen LogP contribution in [0.4, 0.5) is 0 Å². The Labute approximate surface area is 120 Å². The zero-order chi connectivity index (χ0) is 14.8. The maximum Gasteiger partial charge on any atom is 0.347 e. The molecule has 110 valence electrons. The fourth-order valence-corrected chi connectivity index (χ4v) is 2.44. The van der Waals surface area contributed by atoms with E-state index in [0.29, 0.717) is 11.7 Å². The van der Waals surface area contributed by atoms with Gasteiger partial charge in [0.25, 0.3) is 0 Å². The van der Waals surface area contributed by atoms with Crippen LogP contribution in [0, 0.1) is 6.92 Å². The number of aryl methyl sites for hydroxylation is 1. The van der Waals surface area contributed by atoms with Crippen LogP contribution >= 0.6 is 0 Å². The summed E-state index contributed by atoms with van der Waals surface area (Å²) in [5.74, 6) is 0.196. The Kier molecular flexibility index (Phi) is 4.33. The second kappa shape index (κ2) is 5.83. The lowest BCUT2D eigenvalue weighted by Gasteiger charge is -2.26. The van der Waals surface area contributed by atoms with Crippen molar-refractivity contribution in [3.05, 3.63) is 29.3 Å². The minimum Gasteiger partial charge on any atom is -0.478 e. The Morgan fingerprint density at radius 2 is 2.20 bits per heavy atom. The van der Waals surface area contributed by atoms with E-state index in [1.807, 2.05) is 19.1 Å². The van der Waals surface area contributed by atoms with Gasteiger partial charge in [0.05, 0.1) is 0 Å². The molecule has 0 aliphatic carbocycles. The Balaban J connectivity index is 2.22. The van der Waals surface area contributed by atoms with E-state index in [2.05, 4.69) is 11.4 Å². The summed E-state index contributed by atoms with van der Waals surface area (Å²) >= 11 is 0. The van der Waals surface area contributed by atoms with Gasteiger partial charge in [0.1, 0.15) is 5.75 Å². The number of carboxylic acid groups (broad SMARTS) is 1. The molecule has 1 aromatic rings. The molecule has 0 saturated carbocycles. The average molecular weight is 277 g/mol. The third kappa shape index (κ3) is 3.31. The van der Waals surface area contributed by atoms with E-state index in [1.54, 1.807) is 13.8 Å². The number of nitrogens with one attached hydrogen (secondary N) is 1. The first-order valence-corrected chi connectivity index (χ1v) is 7.14. The molecule has 0 bridgehead atoms. The van der Waals surface area contributed by atoms with E-state index in [-0.39, 0.29) is 0 Å². The molecule has 2 N–H and O–H groups in total. The van der Waals surface area contributed by atoms with Crippen molar-refractivity contribution >= 4 is 5.97 Å². The largest absolute Gasteiger partial charge is 0.478 e. The molecule has 20 heavy (non-hydrogen) atoms. The predicted molar refractivity (Wildman–Crippen MR) is 78.4 cm³/mol. The van der Waals surface area contributed by atoms with Crippen molar-refractivity contribution in [2.24, 2.45) is 0 Å². The van der Waals surface area contributed by atoms with Gasteiger partial charge in [-0.2, -0.15) is 0 Å². The summed E-state index contributed by atoms with van der Waals surface area (Å²) in [6.45, 7) is 7.14. The van der Waals surface area contributed by atoms with Gasteiger partial charge in [-0.05, 0) is 63.3 Å². The highest BCUT2D eigenvalue weighted by Crippen LogP contribution is 2.30. The maximum absolute atomic E-state index is 11.2. The van der Waals surface area contributed by atoms with Gasteiger partial charge in [0, 0.05) is 6.54 Å². The fourth-order valence-electron chi connectivity index (χ4n) is 2.44. The first-order chi connectivity index (χ1) is 9.40. The van der Waals surface area contributed by atoms with Gasteiger partial charge in [0.15, 0.2) is 5.60 Å². The van der Waals surface area contributed by atoms with Crippen molar-refractivity contribution in [3.63, 3.8) is 0 Å². The molecule has 1 aliphatic rings. The van der Waals surface area contributed by atoms with Crippen LogP contribution in [-0.4, -0.2) is 29.8 Å². The average Bonchev–Trinajstić information content (AvgIpc) is 2.42. The van der Waals surface area contributed by atoms with Gasteiger partial charge in [0.2, 0.25) is 0 Å². The SMILES string of the molecule is Cc1ccc(C2CCCNC2)cc1OC(C)(C)C(=O)O. The lowest BCUT2D eigenvalue weighted by Crippen LogP contribution is -2.38. The summed E-state index contributed by atoms with van der Waals surface area (Å²) in [6.07, 6.45) is 2.34. The molecule has 1 saturated heterocycles. The first-order valence-electron chi connectivity index (χ1n) is 7.14. The Morgan fingerprint density at radius 1 is 1.45 bits per heavy atom. The van der Waals surface area contributed by atoms with Gasteiger partial charge in [-0.1, -0.05) is 12.1 Å². The summed E-state index contributed by atoms with van der Waals surface area (Å²) < 4.78 is 5.71. The number of hydrogen-bond donors (Lipinski definition) is 2. The number of ether oxygens (including phenoxy) is 1. The molecule has 0 radical (unpaired) electrons. The van der Waals surface area contributed by atoms with E-state index in [0.717, 1.165) is 25.1 Å². The van der Waals surface area contributed by atoms with Crippen LogP contribution in [0.15, 0.2) is 18.2 Å². The number of carboxylic acids is 1. The molecular formula is C16H23NO3. The van der Waals surface area contributed by atoms with Crippen LogP contribution in [-0.2, 0) is 4.79 Å². The number of hydrogen-bond acceptors (Lipinski definition) is 3. The summed E-state index contributed by atoms with van der Waals surface area (Å²) in [4.78, 5) is 11.2. The van der Waals surface area contributed by atoms with Crippen LogP contribution in [0.1, 0.15) is 43.7 Å². The number of carbonyl (C=O) groups is 1. The van der Waals surface area contributed by atoms with Crippen LogP contribution in [0.3, 0.4) is 0 Å². The zero-order valence-electron chi connectivity index (χ0n) is 12.4. The minimum atomic E-state index is -1.21. The van der Waals surface area contributed by atoms with Crippen LogP contribution < -0.4 is 10.1 Å². The second-order valence-electron chi connectivity index (χ2n) is 5.99. The van der Waals surface area contributed by atoms with E-state index < -0.39 is 11.6 Å². The molecule has 1 atom stereocenters. The maximum atomic E-state index is 11.2. The molecule has 1 heterocycles. The van der Waals surface area contributed by atoms with Crippen molar-refractivity contribution < 1.29 is 14.6 Å². The first kappa shape index (κ1) is 14.9. The Morgan fingerprint density at radius 3 is 2.80 bits per heavy atom. The second-order valence-corrected chi connectivity index (χ2v) is 5.99. The predicted octanol–water partition coefficient (Wildman–Crippen LogP) is 2.70. The van der Waals surface area contributed by atoms with Gasteiger partial charge >= 0.3 is 5.97 Å². The van der Waals surface area contributed by atoms with Crippen LogP contribution in [0.25, 0.3) is 0 Å². The van der Waals surface area contributed by atoms with E-state index in [1.165, 1.54) is 12.0 Å². The van der Waals surface area contributed by atoms with Gasteiger partial charge in [-0.15, -0.1) is 0 Å². The van der Waals surface area contributed by atoms with Gasteiger partial charge < -0.3 is 15.2 Å². The number of benzene rings is 1. The number of rotatable bonds is 4. The van der Waals surface area contributed by atoms with Crippen molar-refractivity contribution in [1.29, 1.82) is 0 Å². The van der Waals surface area contributed by atoms with Gasteiger partial charge in [-0.3, -0.25) is 0 Å². The summed E-state index contributed by atoms with van der Waals surface area (Å²) in [6, 6.07) is 6.13. The third-order valence-corrected chi connectivity index (χ3v) is 3.86. The van der Waals surface area contributed by atoms with Crippen molar-refractivity contribution in [1.82, 2.24) is 5.32 Å². The smallest absolute Gasteiger partial charge is 0.347 e. The van der Waals surface area contributed by atoms with E-state index in [9.17, 15) is 9.90 Å². The lowest BCUT2D eigenvalue weighted by atomic mass is 9.91. The minimum absolute atomic E-state index is 0.486. The van der Waals surface area contributed by atoms with E-state index in [4.69, 9.17) is 4.74 Å². The lowest BCUT2D eigenvalue weighted by molar-refractivity contribution is -0.152. The van der Waals surface area contributed by atoms with Crippen molar-refractivity contribution in [2.45, 2.75) is 45.1 Å². The normalized spacial score (nSPS) is 19.6. The Hall–Kier alpha value is -1.55. The summed E-state index contributed by atoms with van der Waals surface area (Å²) in [7, 11) is 0. The van der Waals surface area contributed by atoms with Crippen molar-refractivity contribution in [2.75, 3.05) is 13.1 Å². The van der Waals surface area contributed by atoms with Crippen LogP contribution in [0.2, 0.25) is 0 Å². The highest BCUT2D eigenvalue weighted by Gasteiger charge is 2.30. The van der Waals surface area contributed by atoms with Crippen LogP contribution in [0.5, 0.6) is 5.75 Å². The standard InChI is InChI=1S/C16H23NO3/c1-11-6-7-12(13-5-4-8-17-10-13)9-14(11)20-16(2,3)15(18)19/h6-7,9,13,17H,4-5,8,10H2,1-3H3,(H,18,19). The summed E-state index contributed by atoms with van der Waals surface area (Å²) in [5, 5.41) is 12.6. The van der Waals surface area contributed by atoms with E-state index >= 15 is 0 Å². The van der Waals surface area contributed by atoms with Crippen molar-refractivity contribution in [3.8, 4) is 5.75 Å². The highest BCUT2D eigenvalue weighted by molar-refractivity contribution is 5.76. The Bertz CT molecular complexity index is 490. The molecule has 1 aliphatic heterocycles. The molecule has 2 rings (SSSR count). The molecule has 0 aromatic heterocycles. The molecule has 0 spiro atoms. The number of aliphatic carboxylic acids is 1. The highest BCUT2D eigenvalue weighted by atomic mass is 16.5. The zero-order valence-corrected chi connectivity index (χ0v) is 12.4. The molecular weight excluding hydrogens is 254 g/mol. The molecule has 1 aromatic carbocycles. The fraction of sp³-hybridized carbons (Fsp3) is 0.562. The quantitative estimate of drug-likeness (QED) is 0.888. The molecule has 4 heteroatoms. The molecule has 4 nitrogen and oxygen atoms in total. The number of piperidine rings is 1. The summed E-state index contributed by atoms with van der Waals surface area (Å²) in [5.41, 5.74) is 0.972. The molecule has 1 fully saturated rings. The topological polar surface area (TPSA) is 58.6 Å². The monoisotopic (exact) mass is 277 g/mol. The third-order valence-electron chi connectivity index (χ3n) is 3.86. The molecule has 1 unspecified atom stereocenters.